The zero-order valence-corrected chi connectivity index (χ0v) is 11.8. The molecule has 2 rings (SSSR count). The molecular formula is C14H13BrOS. The third-order valence-corrected chi connectivity index (χ3v) is 4.01. The van der Waals surface area contributed by atoms with Gasteiger partial charge in [0, 0.05) is 22.2 Å². The summed E-state index contributed by atoms with van der Waals surface area (Å²) in [4.78, 5) is 13.1. The number of benzene rings is 1. The Morgan fingerprint density at radius 1 is 1.18 bits per heavy atom. The molecule has 1 heterocycles. The molecule has 0 aliphatic heterocycles. The summed E-state index contributed by atoms with van der Waals surface area (Å²) in [5.41, 5.74) is 1.09. The molecule has 0 amide bonds. The Bertz CT molecular complexity index is 473. The zero-order valence-electron chi connectivity index (χ0n) is 9.36. The Morgan fingerprint density at radius 3 is 2.59 bits per heavy atom. The first-order valence-electron chi connectivity index (χ1n) is 5.52. The largest absolute Gasteiger partial charge is 0.299 e. The van der Waals surface area contributed by atoms with Gasteiger partial charge in [0.25, 0.3) is 0 Å². The van der Waals surface area contributed by atoms with Gasteiger partial charge >= 0.3 is 0 Å². The second kappa shape index (κ2) is 6.12. The number of ketones is 1. The van der Waals surface area contributed by atoms with Crippen molar-refractivity contribution in [2.45, 2.75) is 19.3 Å². The lowest BCUT2D eigenvalue weighted by atomic mass is 10.1. The molecule has 0 saturated carbocycles. The van der Waals surface area contributed by atoms with E-state index in [1.54, 1.807) is 11.3 Å². The molecule has 0 saturated heterocycles. The Kier molecular flexibility index (Phi) is 4.51. The SMILES string of the molecule is O=C(CCc1cccs1)Cc1ccc(Br)cc1. The average molecular weight is 309 g/mol. The molecule has 0 radical (unpaired) electrons. The highest BCUT2D eigenvalue weighted by molar-refractivity contribution is 9.10. The van der Waals surface area contributed by atoms with Gasteiger partial charge in [-0.3, -0.25) is 4.79 Å². The van der Waals surface area contributed by atoms with Crippen LogP contribution in [0.5, 0.6) is 0 Å². The van der Waals surface area contributed by atoms with Crippen molar-refractivity contribution in [3.63, 3.8) is 0 Å². The van der Waals surface area contributed by atoms with Crippen LogP contribution < -0.4 is 0 Å². The fourth-order valence-corrected chi connectivity index (χ4v) is 2.61. The van der Waals surface area contributed by atoms with E-state index in [-0.39, 0.29) is 0 Å². The number of hydrogen-bond acceptors (Lipinski definition) is 2. The Balaban J connectivity index is 1.83. The Labute approximate surface area is 114 Å². The maximum Gasteiger partial charge on any atom is 0.137 e. The fraction of sp³-hybridized carbons (Fsp3) is 0.214. The van der Waals surface area contributed by atoms with Crippen LogP contribution in [0.3, 0.4) is 0 Å². The van der Waals surface area contributed by atoms with Crippen molar-refractivity contribution in [1.82, 2.24) is 0 Å². The Morgan fingerprint density at radius 2 is 1.94 bits per heavy atom. The molecule has 1 aromatic carbocycles. The van der Waals surface area contributed by atoms with Crippen LogP contribution >= 0.6 is 27.3 Å². The fourth-order valence-electron chi connectivity index (χ4n) is 1.64. The van der Waals surface area contributed by atoms with E-state index < -0.39 is 0 Å². The van der Waals surface area contributed by atoms with Crippen molar-refractivity contribution in [3.05, 3.63) is 56.7 Å². The minimum Gasteiger partial charge on any atom is -0.299 e. The van der Waals surface area contributed by atoms with Gasteiger partial charge in [0.2, 0.25) is 0 Å². The Hall–Kier alpha value is -0.930. The van der Waals surface area contributed by atoms with E-state index in [2.05, 4.69) is 27.4 Å². The number of Topliss-reactive ketones (excluding diaryl/α,β-unsaturated/α-hetero) is 1. The van der Waals surface area contributed by atoms with Crippen LogP contribution in [0.25, 0.3) is 0 Å². The van der Waals surface area contributed by atoms with Crippen molar-refractivity contribution >= 4 is 33.0 Å². The predicted octanol–water partition coefficient (Wildman–Crippen LogP) is 4.26. The molecule has 1 nitrogen and oxygen atoms in total. The average Bonchev–Trinajstić information content (AvgIpc) is 2.83. The van der Waals surface area contributed by atoms with Gasteiger partial charge < -0.3 is 0 Å². The van der Waals surface area contributed by atoms with Crippen molar-refractivity contribution < 1.29 is 4.79 Å². The van der Waals surface area contributed by atoms with Crippen molar-refractivity contribution in [1.29, 1.82) is 0 Å². The van der Waals surface area contributed by atoms with Gasteiger partial charge in [-0.05, 0) is 35.6 Å². The normalized spacial score (nSPS) is 10.4. The third-order valence-electron chi connectivity index (χ3n) is 2.54. The van der Waals surface area contributed by atoms with E-state index in [1.165, 1.54) is 4.88 Å². The lowest BCUT2D eigenvalue weighted by molar-refractivity contribution is -0.118. The molecule has 0 aliphatic carbocycles. The first-order valence-corrected chi connectivity index (χ1v) is 7.20. The summed E-state index contributed by atoms with van der Waals surface area (Å²) in [6, 6.07) is 12.0. The highest BCUT2D eigenvalue weighted by atomic mass is 79.9. The van der Waals surface area contributed by atoms with Crippen LogP contribution in [0.1, 0.15) is 16.9 Å². The maximum atomic E-state index is 11.8. The molecule has 1 aromatic heterocycles. The van der Waals surface area contributed by atoms with Crippen LogP contribution in [0.15, 0.2) is 46.3 Å². The summed E-state index contributed by atoms with van der Waals surface area (Å²) in [7, 11) is 0. The molecule has 88 valence electrons. The molecule has 0 fully saturated rings. The summed E-state index contributed by atoms with van der Waals surface area (Å²) in [6.45, 7) is 0. The summed E-state index contributed by atoms with van der Waals surface area (Å²) in [5.74, 6) is 0.306. The summed E-state index contributed by atoms with van der Waals surface area (Å²) in [6.07, 6.45) is 2.04. The minimum absolute atomic E-state index is 0.306. The van der Waals surface area contributed by atoms with Crippen LogP contribution in [-0.2, 0) is 17.6 Å². The van der Waals surface area contributed by atoms with Crippen LogP contribution in [-0.4, -0.2) is 5.78 Å². The molecule has 3 heteroatoms. The van der Waals surface area contributed by atoms with Gasteiger partial charge in [-0.15, -0.1) is 11.3 Å². The van der Waals surface area contributed by atoms with Gasteiger partial charge in [0.1, 0.15) is 5.78 Å². The number of thiophene rings is 1. The van der Waals surface area contributed by atoms with Crippen molar-refractivity contribution in [2.75, 3.05) is 0 Å². The smallest absolute Gasteiger partial charge is 0.137 e. The van der Waals surface area contributed by atoms with E-state index in [1.807, 2.05) is 30.3 Å². The minimum atomic E-state index is 0.306. The van der Waals surface area contributed by atoms with Gasteiger partial charge in [-0.2, -0.15) is 0 Å². The predicted molar refractivity (Wildman–Crippen MR) is 75.5 cm³/mol. The molecule has 0 spiro atoms. The monoisotopic (exact) mass is 308 g/mol. The standard InChI is InChI=1S/C14H13BrOS/c15-12-5-3-11(4-6-12)10-13(16)7-8-14-2-1-9-17-14/h1-6,9H,7-8,10H2. The quantitative estimate of drug-likeness (QED) is 0.807. The van der Waals surface area contributed by atoms with Crippen molar-refractivity contribution in [2.24, 2.45) is 0 Å². The maximum absolute atomic E-state index is 11.8. The highest BCUT2D eigenvalue weighted by Crippen LogP contribution is 2.14. The van der Waals surface area contributed by atoms with Gasteiger partial charge in [-0.25, -0.2) is 0 Å². The second-order valence-corrected chi connectivity index (χ2v) is 5.87. The number of aryl methyl sites for hydroxylation is 1. The van der Waals surface area contributed by atoms with Crippen LogP contribution in [0.4, 0.5) is 0 Å². The number of rotatable bonds is 5. The molecule has 0 N–H and O–H groups in total. The first-order chi connectivity index (χ1) is 8.24. The summed E-state index contributed by atoms with van der Waals surface area (Å²) in [5, 5.41) is 2.05. The van der Waals surface area contributed by atoms with E-state index >= 15 is 0 Å². The van der Waals surface area contributed by atoms with E-state index in [0.29, 0.717) is 18.6 Å². The molecule has 0 atom stereocenters. The van der Waals surface area contributed by atoms with Gasteiger partial charge in [0.15, 0.2) is 0 Å². The number of carbonyl (C=O) groups is 1. The highest BCUT2D eigenvalue weighted by Gasteiger charge is 2.04. The lowest BCUT2D eigenvalue weighted by Crippen LogP contribution is -2.03. The third kappa shape index (κ3) is 4.10. The van der Waals surface area contributed by atoms with Gasteiger partial charge in [0.05, 0.1) is 0 Å². The second-order valence-electron chi connectivity index (χ2n) is 3.92. The zero-order chi connectivity index (χ0) is 12.1. The number of halogens is 1. The van der Waals surface area contributed by atoms with E-state index in [4.69, 9.17) is 0 Å². The van der Waals surface area contributed by atoms with E-state index in [9.17, 15) is 4.79 Å². The molecule has 0 unspecified atom stereocenters. The first kappa shape index (κ1) is 12.5. The van der Waals surface area contributed by atoms with E-state index in [0.717, 1.165) is 16.5 Å². The summed E-state index contributed by atoms with van der Waals surface area (Å²) < 4.78 is 1.05. The molecule has 0 bridgehead atoms. The van der Waals surface area contributed by atoms with Gasteiger partial charge in [-0.1, -0.05) is 34.1 Å². The van der Waals surface area contributed by atoms with Crippen molar-refractivity contribution in [3.8, 4) is 0 Å². The summed E-state index contributed by atoms with van der Waals surface area (Å²) >= 11 is 5.10. The van der Waals surface area contributed by atoms with Crippen LogP contribution in [0.2, 0.25) is 0 Å². The molecule has 0 aliphatic rings. The molecule has 2 aromatic rings. The topological polar surface area (TPSA) is 17.1 Å². The molecular weight excluding hydrogens is 296 g/mol. The molecule has 17 heavy (non-hydrogen) atoms. The number of carbonyl (C=O) groups excluding carboxylic acids is 1. The lowest BCUT2D eigenvalue weighted by Gasteiger charge is -2.01. The number of hydrogen-bond donors (Lipinski definition) is 0. The van der Waals surface area contributed by atoms with Crippen LogP contribution in [0, 0.1) is 0 Å².